The van der Waals surface area contributed by atoms with Crippen LogP contribution in [0.15, 0.2) is 88.5 Å². The van der Waals surface area contributed by atoms with Crippen LogP contribution in [0.4, 0.5) is 0 Å². The summed E-state index contributed by atoms with van der Waals surface area (Å²) in [4.78, 5) is 0. The van der Waals surface area contributed by atoms with E-state index in [0.29, 0.717) is 6.61 Å². The van der Waals surface area contributed by atoms with Crippen molar-refractivity contribution in [1.29, 1.82) is 0 Å². The van der Waals surface area contributed by atoms with Gasteiger partial charge in [-0.15, -0.1) is 0 Å². The highest BCUT2D eigenvalue weighted by molar-refractivity contribution is 14.1. The van der Waals surface area contributed by atoms with Gasteiger partial charge in [0.15, 0.2) is 0 Å². The maximum Gasteiger partial charge on any atom is 0.143 e. The third-order valence-electron chi connectivity index (χ3n) is 5.25. The molecule has 3 rings (SSSR count). The third-order valence-corrected chi connectivity index (χ3v) is 5.61. The molecule has 0 aliphatic rings. The summed E-state index contributed by atoms with van der Waals surface area (Å²) in [5, 5.41) is 0. The van der Waals surface area contributed by atoms with E-state index in [9.17, 15) is 0 Å². The van der Waals surface area contributed by atoms with E-state index in [-0.39, 0.29) is 5.92 Å². The first-order valence-electron chi connectivity index (χ1n) is 10.3. The molecule has 3 aromatic rings. The molecule has 3 aromatic carbocycles. The van der Waals surface area contributed by atoms with Crippen LogP contribution in [0.5, 0.6) is 11.5 Å². The van der Waals surface area contributed by atoms with Crippen molar-refractivity contribution in [2.24, 2.45) is 5.92 Å². The SMILES string of the molecule is COc1ccc(C(OC[C@@H](C)/C=C(\C)I)(c2ccccc2)c2ccc(OC)cc2)cc1. The van der Waals surface area contributed by atoms with Crippen LogP contribution in [0.1, 0.15) is 30.5 Å². The van der Waals surface area contributed by atoms with Crippen molar-refractivity contribution in [3.8, 4) is 11.5 Å². The molecule has 0 radical (unpaired) electrons. The first-order valence-corrected chi connectivity index (χ1v) is 11.4. The number of hydrogen-bond acceptors (Lipinski definition) is 3. The van der Waals surface area contributed by atoms with E-state index in [0.717, 1.165) is 28.2 Å². The molecule has 0 heterocycles. The molecule has 0 aromatic heterocycles. The van der Waals surface area contributed by atoms with E-state index in [1.807, 2.05) is 30.3 Å². The summed E-state index contributed by atoms with van der Waals surface area (Å²) in [5.74, 6) is 1.91. The number of hydrogen-bond donors (Lipinski definition) is 0. The Kier molecular flexibility index (Phi) is 8.15. The minimum Gasteiger partial charge on any atom is -0.497 e. The summed E-state index contributed by atoms with van der Waals surface area (Å²) in [5.41, 5.74) is 2.41. The number of rotatable bonds is 9. The molecule has 0 N–H and O–H groups in total. The van der Waals surface area contributed by atoms with Gasteiger partial charge in [0, 0.05) is 0 Å². The zero-order valence-corrected chi connectivity index (χ0v) is 20.6. The highest BCUT2D eigenvalue weighted by Gasteiger charge is 2.38. The van der Waals surface area contributed by atoms with Gasteiger partial charge in [-0.25, -0.2) is 0 Å². The quantitative estimate of drug-likeness (QED) is 0.221. The molecular formula is C27H29IO3. The molecule has 162 valence electrons. The Balaban J connectivity index is 2.19. The van der Waals surface area contributed by atoms with Gasteiger partial charge < -0.3 is 14.2 Å². The minimum atomic E-state index is -0.763. The molecule has 0 bridgehead atoms. The Bertz CT molecular complexity index is 928. The van der Waals surface area contributed by atoms with Gasteiger partial charge >= 0.3 is 0 Å². The number of halogens is 1. The molecule has 1 atom stereocenters. The first-order chi connectivity index (χ1) is 15.0. The van der Waals surface area contributed by atoms with Crippen LogP contribution in [-0.2, 0) is 10.3 Å². The van der Waals surface area contributed by atoms with Crippen LogP contribution in [0.3, 0.4) is 0 Å². The van der Waals surface area contributed by atoms with E-state index in [4.69, 9.17) is 14.2 Å². The van der Waals surface area contributed by atoms with Crippen molar-refractivity contribution in [2.45, 2.75) is 19.4 Å². The van der Waals surface area contributed by atoms with E-state index in [2.05, 4.69) is 91.0 Å². The summed E-state index contributed by atoms with van der Waals surface area (Å²) in [6.45, 7) is 4.86. The molecule has 0 spiro atoms. The molecule has 3 nitrogen and oxygen atoms in total. The van der Waals surface area contributed by atoms with Crippen molar-refractivity contribution in [3.05, 3.63) is 105 Å². The predicted octanol–water partition coefficient (Wildman–Crippen LogP) is 6.99. The van der Waals surface area contributed by atoms with Crippen LogP contribution in [-0.4, -0.2) is 20.8 Å². The van der Waals surface area contributed by atoms with Gasteiger partial charge in [-0.1, -0.05) is 67.6 Å². The molecule has 4 heteroatoms. The Hall–Kier alpha value is -2.31. The molecule has 31 heavy (non-hydrogen) atoms. The van der Waals surface area contributed by atoms with Gasteiger partial charge in [-0.3, -0.25) is 0 Å². The maximum atomic E-state index is 6.87. The highest BCUT2D eigenvalue weighted by Crippen LogP contribution is 2.42. The lowest BCUT2D eigenvalue weighted by atomic mass is 9.80. The van der Waals surface area contributed by atoms with Crippen molar-refractivity contribution < 1.29 is 14.2 Å². The standard InChI is InChI=1S/C27H29IO3/c1-20(18-21(2)28)19-31-27(22-8-6-5-7-9-22,23-10-14-25(29-3)15-11-23)24-12-16-26(30-4)17-13-24/h5-18,20H,19H2,1-4H3/b21-18+/t20-/m0/s1. The Labute approximate surface area is 199 Å². The molecule has 0 saturated carbocycles. The van der Waals surface area contributed by atoms with Crippen molar-refractivity contribution in [3.63, 3.8) is 0 Å². The van der Waals surface area contributed by atoms with Crippen LogP contribution < -0.4 is 9.47 Å². The fraction of sp³-hybridized carbons (Fsp3) is 0.259. The molecule has 0 unspecified atom stereocenters. The molecule has 0 fully saturated rings. The number of benzene rings is 3. The highest BCUT2D eigenvalue weighted by atomic mass is 127. The summed E-state index contributed by atoms with van der Waals surface area (Å²) in [6.07, 6.45) is 2.23. The molecular weight excluding hydrogens is 499 g/mol. The molecule has 0 aliphatic heterocycles. The van der Waals surface area contributed by atoms with Crippen molar-refractivity contribution in [1.82, 2.24) is 0 Å². The van der Waals surface area contributed by atoms with E-state index in [1.165, 1.54) is 3.58 Å². The summed E-state index contributed by atoms with van der Waals surface area (Å²) in [7, 11) is 3.36. The minimum absolute atomic E-state index is 0.275. The first kappa shape index (κ1) is 23.4. The fourth-order valence-corrected chi connectivity index (χ4v) is 4.38. The normalized spacial score (nSPS) is 13.0. The smallest absolute Gasteiger partial charge is 0.143 e. The zero-order chi connectivity index (χ0) is 22.3. The lowest BCUT2D eigenvalue weighted by Crippen LogP contribution is -2.34. The number of methoxy groups -OCH3 is 2. The maximum absolute atomic E-state index is 6.87. The van der Waals surface area contributed by atoms with Crippen LogP contribution >= 0.6 is 22.6 Å². The second-order valence-corrected chi connectivity index (χ2v) is 9.25. The van der Waals surface area contributed by atoms with Gasteiger partial charge in [0.1, 0.15) is 17.1 Å². The van der Waals surface area contributed by atoms with E-state index in [1.54, 1.807) is 14.2 Å². The number of allylic oxidation sites excluding steroid dienone is 1. The van der Waals surface area contributed by atoms with Crippen LogP contribution in [0.25, 0.3) is 0 Å². The predicted molar refractivity (Wildman–Crippen MR) is 135 cm³/mol. The summed E-state index contributed by atoms with van der Waals surface area (Å²) < 4.78 is 18.9. The van der Waals surface area contributed by atoms with Crippen molar-refractivity contribution >= 4 is 22.6 Å². The van der Waals surface area contributed by atoms with Gasteiger partial charge in [0.05, 0.1) is 20.8 Å². The average Bonchev–Trinajstić information content (AvgIpc) is 2.80. The van der Waals surface area contributed by atoms with Crippen LogP contribution in [0.2, 0.25) is 0 Å². The van der Waals surface area contributed by atoms with Gasteiger partial charge in [0.25, 0.3) is 0 Å². The second-order valence-electron chi connectivity index (χ2n) is 7.55. The Morgan fingerprint density at radius 3 is 1.68 bits per heavy atom. The fourth-order valence-electron chi connectivity index (χ4n) is 3.77. The van der Waals surface area contributed by atoms with Gasteiger partial charge in [0.2, 0.25) is 0 Å². The summed E-state index contributed by atoms with van der Waals surface area (Å²) in [6, 6.07) is 26.7. The monoisotopic (exact) mass is 528 g/mol. The summed E-state index contributed by atoms with van der Waals surface area (Å²) >= 11 is 2.35. The average molecular weight is 528 g/mol. The lowest BCUT2D eigenvalue weighted by molar-refractivity contribution is 0.00176. The Morgan fingerprint density at radius 1 is 0.806 bits per heavy atom. The molecule has 0 saturated heterocycles. The largest absolute Gasteiger partial charge is 0.497 e. The lowest BCUT2D eigenvalue weighted by Gasteiger charge is -2.36. The van der Waals surface area contributed by atoms with Crippen LogP contribution in [0, 0.1) is 5.92 Å². The molecule has 0 aliphatic carbocycles. The third kappa shape index (κ3) is 5.49. The number of ether oxygens (including phenoxy) is 3. The topological polar surface area (TPSA) is 27.7 Å². The Morgan fingerprint density at radius 2 is 1.26 bits per heavy atom. The second kappa shape index (κ2) is 10.8. The van der Waals surface area contributed by atoms with Gasteiger partial charge in [-0.05, 0) is 80.0 Å². The van der Waals surface area contributed by atoms with E-state index < -0.39 is 5.60 Å². The zero-order valence-electron chi connectivity index (χ0n) is 18.5. The van der Waals surface area contributed by atoms with Crippen molar-refractivity contribution in [2.75, 3.05) is 20.8 Å². The van der Waals surface area contributed by atoms with Gasteiger partial charge in [-0.2, -0.15) is 0 Å². The van der Waals surface area contributed by atoms with E-state index >= 15 is 0 Å². The molecule has 0 amide bonds.